The third kappa shape index (κ3) is 8.16. The fourth-order valence-corrected chi connectivity index (χ4v) is 1.15. The topological polar surface area (TPSA) is 43.4 Å². The first kappa shape index (κ1) is 14.1. The van der Waals surface area contributed by atoms with E-state index in [1.165, 1.54) is 12.8 Å². The van der Waals surface area contributed by atoms with Gasteiger partial charge in [-0.1, -0.05) is 46.5 Å². The maximum absolute atomic E-state index is 11.1. The van der Waals surface area contributed by atoms with Crippen molar-refractivity contribution < 1.29 is 14.3 Å². The molecule has 0 aromatic heterocycles. The molecule has 0 aromatic rings. The van der Waals surface area contributed by atoms with Gasteiger partial charge in [-0.25, -0.2) is 0 Å². The fraction of sp³-hybridized carbons (Fsp3) is 0.833. The molecule has 0 aliphatic carbocycles. The van der Waals surface area contributed by atoms with Crippen molar-refractivity contribution in [2.75, 3.05) is 0 Å². The van der Waals surface area contributed by atoms with Gasteiger partial charge in [-0.3, -0.25) is 9.59 Å². The van der Waals surface area contributed by atoms with Crippen molar-refractivity contribution >= 4 is 11.9 Å². The minimum absolute atomic E-state index is 0.228. The zero-order valence-electron chi connectivity index (χ0n) is 10.0. The molecule has 0 aromatic carbocycles. The summed E-state index contributed by atoms with van der Waals surface area (Å²) in [6.45, 7) is 5.59. The molecule has 0 bridgehead atoms. The highest BCUT2D eigenvalue weighted by molar-refractivity contribution is 5.86. The van der Waals surface area contributed by atoms with E-state index in [0.29, 0.717) is 6.42 Å². The van der Waals surface area contributed by atoms with E-state index in [1.807, 2.05) is 0 Å². The number of esters is 2. The van der Waals surface area contributed by atoms with Crippen LogP contribution in [0.15, 0.2) is 0 Å². The van der Waals surface area contributed by atoms with Crippen LogP contribution >= 0.6 is 0 Å². The Morgan fingerprint density at radius 2 is 1.67 bits per heavy atom. The summed E-state index contributed by atoms with van der Waals surface area (Å²) in [6, 6.07) is 0. The number of carbonyl (C=O) groups excluding carboxylic acids is 2. The molecular weight excluding hydrogens is 192 g/mol. The summed E-state index contributed by atoms with van der Waals surface area (Å²) in [7, 11) is 0. The minimum Gasteiger partial charge on any atom is -0.393 e. The Morgan fingerprint density at radius 3 is 2.20 bits per heavy atom. The maximum Gasteiger partial charge on any atom is 0.316 e. The third-order valence-electron chi connectivity index (χ3n) is 2.17. The lowest BCUT2D eigenvalue weighted by atomic mass is 10.1. The zero-order valence-corrected chi connectivity index (χ0v) is 10.0. The van der Waals surface area contributed by atoms with Crippen molar-refractivity contribution in [3.8, 4) is 0 Å². The smallest absolute Gasteiger partial charge is 0.316 e. The Hall–Kier alpha value is -0.860. The number of rotatable bonds is 7. The van der Waals surface area contributed by atoms with Gasteiger partial charge in [-0.05, 0) is 6.42 Å². The quantitative estimate of drug-likeness (QED) is 0.371. The van der Waals surface area contributed by atoms with Crippen LogP contribution in [-0.2, 0) is 14.3 Å². The predicted octanol–water partition coefficient (Wildman–Crippen LogP) is 3.07. The molecule has 15 heavy (non-hydrogen) atoms. The van der Waals surface area contributed by atoms with Gasteiger partial charge in [0.05, 0.1) is 5.92 Å². The molecule has 0 saturated heterocycles. The van der Waals surface area contributed by atoms with Crippen molar-refractivity contribution in [1.29, 1.82) is 0 Å². The van der Waals surface area contributed by atoms with Crippen LogP contribution in [0, 0.1) is 5.92 Å². The van der Waals surface area contributed by atoms with Gasteiger partial charge in [0.25, 0.3) is 0 Å². The number of carbonyl (C=O) groups is 2. The third-order valence-corrected chi connectivity index (χ3v) is 2.17. The van der Waals surface area contributed by atoms with E-state index in [4.69, 9.17) is 0 Å². The molecule has 88 valence electrons. The number of hydrogen-bond acceptors (Lipinski definition) is 3. The second-order valence-electron chi connectivity index (χ2n) is 4.11. The van der Waals surface area contributed by atoms with Crippen LogP contribution in [0.2, 0.25) is 0 Å². The SMILES string of the molecule is CCCCCCCC(=O)OC(=O)C(C)C. The van der Waals surface area contributed by atoms with E-state index in [9.17, 15) is 9.59 Å². The van der Waals surface area contributed by atoms with Crippen LogP contribution in [0.25, 0.3) is 0 Å². The Labute approximate surface area is 92.2 Å². The lowest BCUT2D eigenvalue weighted by Gasteiger charge is -2.04. The minimum atomic E-state index is -0.423. The van der Waals surface area contributed by atoms with Crippen LogP contribution in [-0.4, -0.2) is 11.9 Å². The highest BCUT2D eigenvalue weighted by atomic mass is 16.6. The van der Waals surface area contributed by atoms with Gasteiger partial charge in [-0.15, -0.1) is 0 Å². The van der Waals surface area contributed by atoms with Crippen LogP contribution < -0.4 is 0 Å². The fourth-order valence-electron chi connectivity index (χ4n) is 1.15. The van der Waals surface area contributed by atoms with Crippen LogP contribution in [0.4, 0.5) is 0 Å². The highest BCUT2D eigenvalue weighted by Gasteiger charge is 2.13. The normalized spacial score (nSPS) is 10.4. The first-order chi connectivity index (χ1) is 7.07. The predicted molar refractivity (Wildman–Crippen MR) is 59.3 cm³/mol. The first-order valence-corrected chi connectivity index (χ1v) is 5.82. The average Bonchev–Trinajstić information content (AvgIpc) is 2.17. The van der Waals surface area contributed by atoms with E-state index >= 15 is 0 Å². The largest absolute Gasteiger partial charge is 0.393 e. The monoisotopic (exact) mass is 214 g/mol. The summed E-state index contributed by atoms with van der Waals surface area (Å²) < 4.78 is 4.64. The maximum atomic E-state index is 11.1. The molecule has 3 heteroatoms. The van der Waals surface area contributed by atoms with Gasteiger partial charge in [0, 0.05) is 6.42 Å². The van der Waals surface area contributed by atoms with Gasteiger partial charge in [0.2, 0.25) is 0 Å². The second kappa shape index (κ2) is 8.45. The van der Waals surface area contributed by atoms with Crippen LogP contribution in [0.1, 0.15) is 59.3 Å². The number of hydrogen-bond donors (Lipinski definition) is 0. The van der Waals surface area contributed by atoms with Gasteiger partial charge < -0.3 is 4.74 Å². The highest BCUT2D eigenvalue weighted by Crippen LogP contribution is 2.06. The van der Waals surface area contributed by atoms with Gasteiger partial charge in [0.1, 0.15) is 0 Å². The molecule has 3 nitrogen and oxygen atoms in total. The van der Waals surface area contributed by atoms with Crippen molar-refractivity contribution in [3.05, 3.63) is 0 Å². The van der Waals surface area contributed by atoms with Crippen molar-refractivity contribution in [2.45, 2.75) is 59.3 Å². The summed E-state index contributed by atoms with van der Waals surface area (Å²) in [5, 5.41) is 0. The first-order valence-electron chi connectivity index (χ1n) is 5.82. The van der Waals surface area contributed by atoms with Gasteiger partial charge in [-0.2, -0.15) is 0 Å². The summed E-state index contributed by atoms with van der Waals surface area (Å²) in [5.41, 5.74) is 0. The molecule has 0 rings (SSSR count). The Morgan fingerprint density at radius 1 is 1.07 bits per heavy atom. The molecule has 0 saturated carbocycles. The summed E-state index contributed by atoms with van der Waals surface area (Å²) >= 11 is 0. The summed E-state index contributed by atoms with van der Waals surface area (Å²) in [5.74, 6) is -1.03. The Bertz CT molecular complexity index is 197. The molecule has 0 radical (unpaired) electrons. The molecule has 0 unspecified atom stereocenters. The lowest BCUT2D eigenvalue weighted by molar-refractivity contribution is -0.162. The number of ether oxygens (including phenoxy) is 1. The Balaban J connectivity index is 3.45. The second-order valence-corrected chi connectivity index (χ2v) is 4.11. The molecular formula is C12H22O3. The Kier molecular flexibility index (Phi) is 7.96. The molecule has 0 atom stereocenters. The standard InChI is InChI=1S/C12H22O3/c1-4-5-6-7-8-9-11(13)15-12(14)10(2)3/h10H,4-9H2,1-3H3. The van der Waals surface area contributed by atoms with Crippen LogP contribution in [0.3, 0.4) is 0 Å². The molecule has 0 aliphatic rings. The van der Waals surface area contributed by atoms with Gasteiger partial charge >= 0.3 is 11.9 Å². The molecule has 0 spiro atoms. The van der Waals surface area contributed by atoms with Crippen molar-refractivity contribution in [1.82, 2.24) is 0 Å². The van der Waals surface area contributed by atoms with E-state index in [1.54, 1.807) is 13.8 Å². The molecule has 0 amide bonds. The zero-order chi connectivity index (χ0) is 11.7. The summed E-state index contributed by atoms with van der Waals surface area (Å²) in [4.78, 5) is 22.2. The van der Waals surface area contributed by atoms with Crippen molar-refractivity contribution in [3.63, 3.8) is 0 Å². The van der Waals surface area contributed by atoms with E-state index in [2.05, 4.69) is 11.7 Å². The van der Waals surface area contributed by atoms with E-state index < -0.39 is 5.97 Å². The van der Waals surface area contributed by atoms with Gasteiger partial charge in [0.15, 0.2) is 0 Å². The molecule has 0 fully saturated rings. The van der Waals surface area contributed by atoms with Crippen LogP contribution in [0.5, 0.6) is 0 Å². The average molecular weight is 214 g/mol. The lowest BCUT2D eigenvalue weighted by Crippen LogP contribution is -2.16. The van der Waals surface area contributed by atoms with E-state index in [-0.39, 0.29) is 11.9 Å². The van der Waals surface area contributed by atoms with Crippen molar-refractivity contribution in [2.24, 2.45) is 5.92 Å². The molecule has 0 N–H and O–H groups in total. The van der Waals surface area contributed by atoms with E-state index in [0.717, 1.165) is 19.3 Å². The summed E-state index contributed by atoms with van der Waals surface area (Å²) in [6.07, 6.45) is 5.78. The number of unbranched alkanes of at least 4 members (excludes halogenated alkanes) is 4. The molecule has 0 aliphatic heterocycles. The molecule has 0 heterocycles.